The van der Waals surface area contributed by atoms with Crippen LogP contribution in [0.1, 0.15) is 30.9 Å². The van der Waals surface area contributed by atoms with E-state index in [-0.39, 0.29) is 0 Å². The number of carboxylic acid groups (broad SMARTS) is 1. The van der Waals surface area contributed by atoms with Gasteiger partial charge in [-0.2, -0.15) is 5.26 Å². The van der Waals surface area contributed by atoms with Crippen LogP contribution in [0.15, 0.2) is 18.2 Å². The van der Waals surface area contributed by atoms with E-state index in [0.717, 1.165) is 12.0 Å². The second-order valence-corrected chi connectivity index (χ2v) is 3.93. The van der Waals surface area contributed by atoms with Gasteiger partial charge in [0.1, 0.15) is 12.1 Å². The van der Waals surface area contributed by atoms with E-state index in [4.69, 9.17) is 10.4 Å². The molecule has 0 bridgehead atoms. The molecule has 0 amide bonds. The molecule has 0 aliphatic rings. The molecular weight excluding hydrogens is 216 g/mol. The van der Waals surface area contributed by atoms with E-state index in [1.54, 1.807) is 6.07 Å². The zero-order valence-electron chi connectivity index (χ0n) is 10.0. The number of rotatable bonds is 5. The van der Waals surface area contributed by atoms with Crippen molar-refractivity contribution in [3.63, 3.8) is 0 Å². The first-order chi connectivity index (χ1) is 8.10. The molecule has 0 aromatic heterocycles. The number of hydrogen-bond donors (Lipinski definition) is 2. The lowest BCUT2D eigenvalue weighted by Crippen LogP contribution is -2.29. The Morgan fingerprint density at radius 2 is 2.29 bits per heavy atom. The number of nitriles is 1. The predicted octanol–water partition coefficient (Wildman–Crippen LogP) is 2.53. The Kier molecular flexibility index (Phi) is 4.53. The minimum atomic E-state index is -0.891. The first-order valence-electron chi connectivity index (χ1n) is 5.59. The van der Waals surface area contributed by atoms with E-state index in [1.807, 2.05) is 26.0 Å². The van der Waals surface area contributed by atoms with Gasteiger partial charge in [0, 0.05) is 0 Å². The zero-order chi connectivity index (χ0) is 12.8. The number of nitrogens with one attached hydrogen (secondary N) is 1. The number of anilines is 1. The zero-order valence-corrected chi connectivity index (χ0v) is 10.0. The summed E-state index contributed by atoms with van der Waals surface area (Å²) in [5, 5.41) is 21.0. The molecule has 4 nitrogen and oxygen atoms in total. The SMILES string of the molecule is CCCC(Nc1cccc(C)c1C#N)C(=O)O. The summed E-state index contributed by atoms with van der Waals surface area (Å²) in [5.41, 5.74) is 1.95. The quantitative estimate of drug-likeness (QED) is 0.818. The summed E-state index contributed by atoms with van der Waals surface area (Å²) >= 11 is 0. The second-order valence-electron chi connectivity index (χ2n) is 3.93. The summed E-state index contributed by atoms with van der Waals surface area (Å²) in [6.45, 7) is 3.76. The Balaban J connectivity index is 2.97. The molecule has 0 fully saturated rings. The minimum Gasteiger partial charge on any atom is -0.480 e. The van der Waals surface area contributed by atoms with Crippen LogP contribution in [0.3, 0.4) is 0 Å². The molecule has 1 aromatic rings. The van der Waals surface area contributed by atoms with Crippen molar-refractivity contribution < 1.29 is 9.90 Å². The van der Waals surface area contributed by atoms with Gasteiger partial charge in [-0.15, -0.1) is 0 Å². The van der Waals surface area contributed by atoms with Gasteiger partial charge >= 0.3 is 5.97 Å². The van der Waals surface area contributed by atoms with Crippen LogP contribution in [0.4, 0.5) is 5.69 Å². The Labute approximate surface area is 101 Å². The maximum Gasteiger partial charge on any atom is 0.326 e. The molecule has 0 saturated heterocycles. The summed E-state index contributed by atoms with van der Waals surface area (Å²) in [7, 11) is 0. The summed E-state index contributed by atoms with van der Waals surface area (Å²) in [6.07, 6.45) is 1.31. The van der Waals surface area contributed by atoms with Crippen LogP contribution < -0.4 is 5.32 Å². The van der Waals surface area contributed by atoms with Gasteiger partial charge in [0.15, 0.2) is 0 Å². The third-order valence-electron chi connectivity index (χ3n) is 2.59. The average Bonchev–Trinajstić information content (AvgIpc) is 2.28. The number of carbonyl (C=O) groups is 1. The number of hydrogen-bond acceptors (Lipinski definition) is 3. The van der Waals surface area contributed by atoms with Gasteiger partial charge in [-0.25, -0.2) is 4.79 Å². The van der Waals surface area contributed by atoms with Crippen molar-refractivity contribution in [1.29, 1.82) is 5.26 Å². The lowest BCUT2D eigenvalue weighted by molar-refractivity contribution is -0.138. The maximum absolute atomic E-state index is 11.0. The number of carboxylic acids is 1. The number of aryl methyl sites for hydroxylation is 1. The van der Waals surface area contributed by atoms with Crippen LogP contribution in [0.2, 0.25) is 0 Å². The Bertz CT molecular complexity index is 449. The van der Waals surface area contributed by atoms with Crippen molar-refractivity contribution in [2.45, 2.75) is 32.7 Å². The van der Waals surface area contributed by atoms with Gasteiger partial charge in [0.2, 0.25) is 0 Å². The van der Waals surface area contributed by atoms with E-state index in [1.165, 1.54) is 0 Å². The smallest absolute Gasteiger partial charge is 0.326 e. The molecule has 4 heteroatoms. The van der Waals surface area contributed by atoms with Crippen molar-refractivity contribution >= 4 is 11.7 Å². The van der Waals surface area contributed by atoms with E-state index in [9.17, 15) is 4.79 Å². The molecule has 0 aliphatic heterocycles. The first-order valence-corrected chi connectivity index (χ1v) is 5.59. The highest BCUT2D eigenvalue weighted by Crippen LogP contribution is 2.20. The van der Waals surface area contributed by atoms with E-state index in [2.05, 4.69) is 11.4 Å². The first kappa shape index (κ1) is 13.0. The van der Waals surface area contributed by atoms with E-state index >= 15 is 0 Å². The number of aliphatic carboxylic acids is 1. The van der Waals surface area contributed by atoms with Crippen LogP contribution in [-0.4, -0.2) is 17.1 Å². The molecule has 1 aromatic carbocycles. The average molecular weight is 232 g/mol. The molecule has 0 heterocycles. The molecule has 0 aliphatic carbocycles. The normalized spacial score (nSPS) is 11.6. The van der Waals surface area contributed by atoms with Crippen LogP contribution in [-0.2, 0) is 4.79 Å². The Morgan fingerprint density at radius 1 is 1.59 bits per heavy atom. The van der Waals surface area contributed by atoms with Gasteiger partial charge in [-0.1, -0.05) is 25.5 Å². The Hall–Kier alpha value is -2.02. The van der Waals surface area contributed by atoms with Crippen molar-refractivity contribution in [3.8, 4) is 6.07 Å². The maximum atomic E-state index is 11.0. The molecule has 1 rings (SSSR count). The molecule has 2 N–H and O–H groups in total. The van der Waals surface area contributed by atoms with E-state index in [0.29, 0.717) is 17.7 Å². The molecule has 1 unspecified atom stereocenters. The van der Waals surface area contributed by atoms with Gasteiger partial charge in [-0.3, -0.25) is 0 Å². The fourth-order valence-electron chi connectivity index (χ4n) is 1.67. The molecule has 90 valence electrons. The molecule has 1 atom stereocenters. The molecule has 0 saturated carbocycles. The highest BCUT2D eigenvalue weighted by molar-refractivity contribution is 5.78. The van der Waals surface area contributed by atoms with Gasteiger partial charge in [0.05, 0.1) is 11.3 Å². The van der Waals surface area contributed by atoms with E-state index < -0.39 is 12.0 Å². The largest absolute Gasteiger partial charge is 0.480 e. The highest BCUT2D eigenvalue weighted by Gasteiger charge is 2.17. The molecule has 17 heavy (non-hydrogen) atoms. The number of nitrogens with zero attached hydrogens (tertiary/aromatic N) is 1. The van der Waals surface area contributed by atoms with Gasteiger partial charge in [0.25, 0.3) is 0 Å². The van der Waals surface area contributed by atoms with Crippen LogP contribution in [0, 0.1) is 18.3 Å². The second kappa shape index (κ2) is 5.90. The molecule has 0 spiro atoms. The fraction of sp³-hybridized carbons (Fsp3) is 0.385. The van der Waals surface area contributed by atoms with Crippen LogP contribution >= 0.6 is 0 Å². The van der Waals surface area contributed by atoms with Gasteiger partial charge < -0.3 is 10.4 Å². The summed E-state index contributed by atoms with van der Waals surface area (Å²) in [6, 6.07) is 6.83. The van der Waals surface area contributed by atoms with Crippen LogP contribution in [0.5, 0.6) is 0 Å². The lowest BCUT2D eigenvalue weighted by Gasteiger charge is -2.16. The summed E-state index contributed by atoms with van der Waals surface area (Å²) < 4.78 is 0. The summed E-state index contributed by atoms with van der Waals surface area (Å²) in [5.74, 6) is -0.891. The topological polar surface area (TPSA) is 73.1 Å². The lowest BCUT2D eigenvalue weighted by atomic mass is 10.1. The van der Waals surface area contributed by atoms with Gasteiger partial charge in [-0.05, 0) is 25.0 Å². The van der Waals surface area contributed by atoms with Crippen molar-refractivity contribution in [2.24, 2.45) is 0 Å². The van der Waals surface area contributed by atoms with Crippen molar-refractivity contribution in [3.05, 3.63) is 29.3 Å². The monoisotopic (exact) mass is 232 g/mol. The third kappa shape index (κ3) is 3.22. The fourth-order valence-corrected chi connectivity index (χ4v) is 1.67. The summed E-state index contributed by atoms with van der Waals surface area (Å²) in [4.78, 5) is 11.0. The standard InChI is InChI=1S/C13H16N2O2/c1-3-5-12(13(16)17)15-11-7-4-6-9(2)10(11)8-14/h4,6-7,12,15H,3,5H2,1-2H3,(H,16,17). The van der Waals surface area contributed by atoms with Crippen molar-refractivity contribution in [2.75, 3.05) is 5.32 Å². The minimum absolute atomic E-state index is 0.509. The predicted molar refractivity (Wildman–Crippen MR) is 65.8 cm³/mol. The van der Waals surface area contributed by atoms with Crippen LogP contribution in [0.25, 0.3) is 0 Å². The third-order valence-corrected chi connectivity index (χ3v) is 2.59. The molecule has 0 radical (unpaired) electrons. The Morgan fingerprint density at radius 3 is 2.82 bits per heavy atom. The number of benzene rings is 1. The highest BCUT2D eigenvalue weighted by atomic mass is 16.4. The van der Waals surface area contributed by atoms with Crippen molar-refractivity contribution in [1.82, 2.24) is 0 Å². The molecular formula is C13H16N2O2.